The van der Waals surface area contributed by atoms with Gasteiger partial charge in [0.1, 0.15) is 5.75 Å². The lowest BCUT2D eigenvalue weighted by molar-refractivity contribution is 0.00578. The lowest BCUT2D eigenvalue weighted by atomic mass is 9.73. The molecule has 1 aliphatic rings. The number of hydrogen-bond acceptors (Lipinski definition) is 3. The van der Waals surface area contributed by atoms with E-state index in [1.807, 2.05) is 6.07 Å². The molecule has 128 valence electrons. The summed E-state index contributed by atoms with van der Waals surface area (Å²) >= 11 is 0. The first-order chi connectivity index (χ1) is 10.7. The molecule has 0 unspecified atom stereocenters. The number of benzene rings is 1. The summed E-state index contributed by atoms with van der Waals surface area (Å²) < 4.78 is 18.3. The molecular weight excluding hydrogens is 287 g/mol. The molecule has 1 fully saturated rings. The molecule has 0 N–H and O–H groups in total. The van der Waals surface area contributed by atoms with Crippen LogP contribution in [0.4, 0.5) is 0 Å². The standard InChI is InChI=1S/C19H31BO3/c1-8-9-12-21-15-10-11-17(16(13-15)14(2)3)20-22-18(4,5)19(6,7)23-20/h10-11,13-14H,8-9,12H2,1-7H3. The smallest absolute Gasteiger partial charge is 0.494 e. The maximum Gasteiger partial charge on any atom is 0.495 e. The molecule has 1 heterocycles. The minimum Gasteiger partial charge on any atom is -0.494 e. The molecule has 0 aliphatic carbocycles. The summed E-state index contributed by atoms with van der Waals surface area (Å²) in [7, 11) is -0.318. The van der Waals surface area contributed by atoms with Crippen molar-refractivity contribution in [3.8, 4) is 5.75 Å². The predicted octanol–water partition coefficient (Wildman–Crippen LogP) is 4.29. The van der Waals surface area contributed by atoms with E-state index in [9.17, 15) is 0 Å². The van der Waals surface area contributed by atoms with Crippen molar-refractivity contribution < 1.29 is 14.0 Å². The summed E-state index contributed by atoms with van der Waals surface area (Å²) in [5.41, 5.74) is 1.71. The van der Waals surface area contributed by atoms with E-state index in [2.05, 4.69) is 60.6 Å². The van der Waals surface area contributed by atoms with E-state index in [1.54, 1.807) is 0 Å². The first-order valence-electron chi connectivity index (χ1n) is 8.80. The molecule has 1 saturated heterocycles. The summed E-state index contributed by atoms with van der Waals surface area (Å²) in [4.78, 5) is 0. The quantitative estimate of drug-likeness (QED) is 0.578. The highest BCUT2D eigenvalue weighted by Crippen LogP contribution is 2.37. The molecule has 2 rings (SSSR count). The number of hydrogen-bond donors (Lipinski definition) is 0. The van der Waals surface area contributed by atoms with E-state index in [1.165, 1.54) is 5.56 Å². The topological polar surface area (TPSA) is 27.7 Å². The van der Waals surface area contributed by atoms with Gasteiger partial charge < -0.3 is 14.0 Å². The van der Waals surface area contributed by atoms with Crippen LogP contribution >= 0.6 is 0 Å². The number of unbranched alkanes of at least 4 members (excludes halogenated alkanes) is 1. The summed E-state index contributed by atoms with van der Waals surface area (Å²) in [5, 5.41) is 0. The highest BCUT2D eigenvalue weighted by molar-refractivity contribution is 6.62. The second-order valence-electron chi connectivity index (χ2n) is 7.74. The van der Waals surface area contributed by atoms with Gasteiger partial charge in [0.05, 0.1) is 17.8 Å². The van der Waals surface area contributed by atoms with Crippen molar-refractivity contribution in [1.82, 2.24) is 0 Å². The Balaban J connectivity index is 2.25. The van der Waals surface area contributed by atoms with Crippen molar-refractivity contribution in [2.24, 2.45) is 0 Å². The maximum atomic E-state index is 6.22. The third-order valence-corrected chi connectivity index (χ3v) is 4.95. The van der Waals surface area contributed by atoms with E-state index in [0.717, 1.165) is 30.7 Å². The Morgan fingerprint density at radius 3 is 2.22 bits per heavy atom. The largest absolute Gasteiger partial charge is 0.495 e. The predicted molar refractivity (Wildman–Crippen MR) is 96.7 cm³/mol. The first kappa shape index (κ1) is 18.3. The fourth-order valence-corrected chi connectivity index (χ4v) is 2.66. The third kappa shape index (κ3) is 3.92. The fourth-order valence-electron chi connectivity index (χ4n) is 2.66. The minimum atomic E-state index is -0.318. The van der Waals surface area contributed by atoms with Crippen molar-refractivity contribution in [3.63, 3.8) is 0 Å². The molecule has 3 nitrogen and oxygen atoms in total. The minimum absolute atomic E-state index is 0.317. The Hall–Kier alpha value is -0.995. The van der Waals surface area contributed by atoms with E-state index in [-0.39, 0.29) is 18.3 Å². The SMILES string of the molecule is CCCCOc1ccc(B2OC(C)(C)C(C)(C)O2)c(C(C)C)c1. The molecule has 0 radical (unpaired) electrons. The van der Waals surface area contributed by atoms with Gasteiger partial charge in [-0.3, -0.25) is 0 Å². The van der Waals surface area contributed by atoms with E-state index in [4.69, 9.17) is 14.0 Å². The lowest BCUT2D eigenvalue weighted by Crippen LogP contribution is -2.41. The van der Waals surface area contributed by atoms with Gasteiger partial charge in [-0.05, 0) is 63.2 Å². The second-order valence-corrected chi connectivity index (χ2v) is 7.74. The van der Waals surface area contributed by atoms with Crippen molar-refractivity contribution in [1.29, 1.82) is 0 Å². The van der Waals surface area contributed by atoms with Gasteiger partial charge >= 0.3 is 7.12 Å². The van der Waals surface area contributed by atoms with Crippen molar-refractivity contribution >= 4 is 12.6 Å². The Bertz CT molecular complexity index is 521. The summed E-state index contributed by atoms with van der Waals surface area (Å²) in [5.74, 6) is 1.32. The van der Waals surface area contributed by atoms with Crippen LogP contribution in [-0.4, -0.2) is 24.9 Å². The van der Waals surface area contributed by atoms with Crippen LogP contribution in [0.25, 0.3) is 0 Å². The van der Waals surface area contributed by atoms with Crippen LogP contribution in [0.1, 0.15) is 72.8 Å². The Kier molecular flexibility index (Phi) is 5.47. The fraction of sp³-hybridized carbons (Fsp3) is 0.684. The molecule has 0 aromatic heterocycles. The molecule has 23 heavy (non-hydrogen) atoms. The zero-order chi connectivity index (χ0) is 17.3. The molecule has 0 spiro atoms. The van der Waals surface area contributed by atoms with Gasteiger partial charge in [0.15, 0.2) is 0 Å². The second kappa shape index (κ2) is 6.86. The monoisotopic (exact) mass is 318 g/mol. The van der Waals surface area contributed by atoms with E-state index in [0.29, 0.717) is 5.92 Å². The van der Waals surface area contributed by atoms with Gasteiger partial charge in [0.2, 0.25) is 0 Å². The molecular formula is C19H31BO3. The molecule has 1 aromatic carbocycles. The van der Waals surface area contributed by atoms with Crippen LogP contribution in [-0.2, 0) is 9.31 Å². The lowest BCUT2D eigenvalue weighted by Gasteiger charge is -2.32. The normalized spacial score (nSPS) is 19.4. The molecule has 4 heteroatoms. The van der Waals surface area contributed by atoms with Gasteiger partial charge in [0, 0.05) is 0 Å². The third-order valence-electron chi connectivity index (χ3n) is 4.95. The van der Waals surface area contributed by atoms with Crippen LogP contribution in [0.5, 0.6) is 5.75 Å². The molecule has 0 atom stereocenters. The van der Waals surface area contributed by atoms with Crippen molar-refractivity contribution in [2.45, 2.75) is 78.4 Å². The molecule has 0 amide bonds. The average molecular weight is 318 g/mol. The van der Waals surface area contributed by atoms with Gasteiger partial charge in [-0.2, -0.15) is 0 Å². The van der Waals surface area contributed by atoms with E-state index < -0.39 is 0 Å². The summed E-state index contributed by atoms with van der Waals surface area (Å²) in [6, 6.07) is 6.27. The Labute approximate surface area is 141 Å². The van der Waals surface area contributed by atoms with Crippen LogP contribution in [0, 0.1) is 0 Å². The number of ether oxygens (including phenoxy) is 1. The molecule has 0 saturated carbocycles. The highest BCUT2D eigenvalue weighted by atomic mass is 16.7. The van der Waals surface area contributed by atoms with Gasteiger partial charge in [0.25, 0.3) is 0 Å². The Morgan fingerprint density at radius 1 is 1.09 bits per heavy atom. The zero-order valence-electron chi connectivity index (χ0n) is 15.7. The number of rotatable bonds is 6. The summed E-state index contributed by atoms with van der Waals surface area (Å²) in [6.07, 6.45) is 2.22. The van der Waals surface area contributed by atoms with Gasteiger partial charge in [-0.15, -0.1) is 0 Å². The zero-order valence-corrected chi connectivity index (χ0v) is 15.7. The molecule has 0 bridgehead atoms. The molecule has 1 aliphatic heterocycles. The van der Waals surface area contributed by atoms with Crippen LogP contribution < -0.4 is 10.2 Å². The highest BCUT2D eigenvalue weighted by Gasteiger charge is 2.52. The van der Waals surface area contributed by atoms with Crippen LogP contribution in [0.3, 0.4) is 0 Å². The maximum absolute atomic E-state index is 6.22. The van der Waals surface area contributed by atoms with Crippen LogP contribution in [0.15, 0.2) is 18.2 Å². The van der Waals surface area contributed by atoms with Gasteiger partial charge in [-0.25, -0.2) is 0 Å². The molecule has 1 aromatic rings. The van der Waals surface area contributed by atoms with E-state index >= 15 is 0 Å². The summed E-state index contributed by atoms with van der Waals surface area (Å²) in [6.45, 7) is 15.7. The van der Waals surface area contributed by atoms with Crippen molar-refractivity contribution in [2.75, 3.05) is 6.61 Å². The first-order valence-corrected chi connectivity index (χ1v) is 8.80. The van der Waals surface area contributed by atoms with Crippen molar-refractivity contribution in [3.05, 3.63) is 23.8 Å². The van der Waals surface area contributed by atoms with Crippen LogP contribution in [0.2, 0.25) is 0 Å². The average Bonchev–Trinajstić information content (AvgIpc) is 2.67. The van der Waals surface area contributed by atoms with Gasteiger partial charge in [-0.1, -0.05) is 33.3 Å². The Morgan fingerprint density at radius 2 is 1.70 bits per heavy atom.